The van der Waals surface area contributed by atoms with Crippen LogP contribution in [0.4, 0.5) is 0 Å². The zero-order chi connectivity index (χ0) is 13.1. The van der Waals surface area contributed by atoms with E-state index in [1.54, 1.807) is 5.51 Å². The molecule has 3 nitrogen and oxygen atoms in total. The molecule has 0 radical (unpaired) electrons. The Bertz CT molecular complexity index is 545. The van der Waals surface area contributed by atoms with Gasteiger partial charge in [-0.05, 0) is 17.9 Å². The lowest BCUT2D eigenvalue weighted by atomic mass is 9.97. The van der Waals surface area contributed by atoms with E-state index in [1.807, 2.05) is 12.1 Å². The van der Waals surface area contributed by atoms with Gasteiger partial charge in [0.15, 0.2) is 0 Å². The van der Waals surface area contributed by atoms with Crippen molar-refractivity contribution in [3.63, 3.8) is 0 Å². The average Bonchev–Trinajstić information content (AvgIpc) is 2.87. The summed E-state index contributed by atoms with van der Waals surface area (Å²) >= 11 is 1.16. The lowest BCUT2D eigenvalue weighted by Crippen LogP contribution is -1.96. The minimum absolute atomic E-state index is 0.297. The van der Waals surface area contributed by atoms with Gasteiger partial charge in [-0.2, -0.15) is 0 Å². The van der Waals surface area contributed by atoms with Crippen LogP contribution in [0.2, 0.25) is 0 Å². The number of aromatic carboxylic acids is 1. The molecule has 0 spiro atoms. The van der Waals surface area contributed by atoms with Crippen molar-refractivity contribution in [2.24, 2.45) is 0 Å². The first-order valence-electron chi connectivity index (χ1n) is 5.90. The molecule has 0 saturated heterocycles. The summed E-state index contributed by atoms with van der Waals surface area (Å²) in [5.41, 5.74) is 4.26. The molecule has 1 aromatic heterocycles. The third kappa shape index (κ3) is 2.43. The molecule has 0 fully saturated rings. The first-order chi connectivity index (χ1) is 8.63. The third-order valence-corrected chi connectivity index (χ3v) is 3.94. The lowest BCUT2D eigenvalue weighted by Gasteiger charge is -2.09. The maximum absolute atomic E-state index is 11.0. The molecule has 4 heteroatoms. The third-order valence-electron chi connectivity index (χ3n) is 3.13. The van der Waals surface area contributed by atoms with Crippen LogP contribution < -0.4 is 0 Å². The van der Waals surface area contributed by atoms with Crippen LogP contribution in [0, 0.1) is 0 Å². The van der Waals surface area contributed by atoms with Crippen molar-refractivity contribution in [1.82, 2.24) is 4.98 Å². The summed E-state index contributed by atoms with van der Waals surface area (Å²) in [7, 11) is 0. The maximum Gasteiger partial charge on any atom is 0.348 e. The Morgan fingerprint density at radius 3 is 2.61 bits per heavy atom. The van der Waals surface area contributed by atoms with Crippen LogP contribution in [0.5, 0.6) is 0 Å². The van der Waals surface area contributed by atoms with Gasteiger partial charge in [0.2, 0.25) is 0 Å². The Labute approximate surface area is 110 Å². The highest BCUT2D eigenvalue weighted by Gasteiger charge is 2.15. The van der Waals surface area contributed by atoms with Crippen molar-refractivity contribution < 1.29 is 9.90 Å². The van der Waals surface area contributed by atoms with Gasteiger partial charge in [0.25, 0.3) is 0 Å². The van der Waals surface area contributed by atoms with E-state index in [-0.39, 0.29) is 0 Å². The fourth-order valence-electron chi connectivity index (χ4n) is 1.81. The Morgan fingerprint density at radius 1 is 1.39 bits per heavy atom. The van der Waals surface area contributed by atoms with Gasteiger partial charge < -0.3 is 5.11 Å². The molecule has 2 aromatic rings. The molecular weight excluding hydrogens is 246 g/mol. The Morgan fingerprint density at radius 2 is 2.06 bits per heavy atom. The topological polar surface area (TPSA) is 50.2 Å². The summed E-state index contributed by atoms with van der Waals surface area (Å²) in [5, 5.41) is 9.07. The molecule has 1 N–H and O–H groups in total. The van der Waals surface area contributed by atoms with E-state index in [0.717, 1.165) is 23.3 Å². The fourth-order valence-corrected chi connectivity index (χ4v) is 2.46. The number of aromatic nitrogens is 1. The van der Waals surface area contributed by atoms with Crippen molar-refractivity contribution in [2.75, 3.05) is 0 Å². The van der Waals surface area contributed by atoms with E-state index in [9.17, 15) is 4.79 Å². The molecular formula is C14H15NO2S. The fraction of sp³-hybridized carbons (Fsp3) is 0.286. The van der Waals surface area contributed by atoms with Gasteiger partial charge in [-0.3, -0.25) is 0 Å². The second-order valence-corrected chi connectivity index (χ2v) is 5.12. The number of carbonyl (C=O) groups is 1. The molecule has 0 bridgehead atoms. The smallest absolute Gasteiger partial charge is 0.348 e. The predicted octanol–water partition coefficient (Wildman–Crippen LogP) is 4.02. The molecule has 2 rings (SSSR count). The number of hydrogen-bond donors (Lipinski definition) is 1. The first-order valence-corrected chi connectivity index (χ1v) is 6.78. The van der Waals surface area contributed by atoms with Crippen molar-refractivity contribution >= 4 is 17.3 Å². The SMILES string of the molecule is CCC(C)c1ccc(-c2ncsc2C(=O)O)cc1. The van der Waals surface area contributed by atoms with Crippen molar-refractivity contribution in [3.8, 4) is 11.3 Å². The molecule has 0 aliphatic heterocycles. The number of thiazole rings is 1. The van der Waals surface area contributed by atoms with Crippen LogP contribution in [-0.4, -0.2) is 16.1 Å². The molecule has 1 heterocycles. The van der Waals surface area contributed by atoms with E-state index in [4.69, 9.17) is 5.11 Å². The minimum atomic E-state index is -0.918. The summed E-state index contributed by atoms with van der Waals surface area (Å²) in [5.74, 6) is -0.396. The minimum Gasteiger partial charge on any atom is -0.477 e. The molecule has 0 aliphatic carbocycles. The summed E-state index contributed by atoms with van der Waals surface area (Å²) in [6, 6.07) is 7.99. The summed E-state index contributed by atoms with van der Waals surface area (Å²) in [6.07, 6.45) is 1.09. The number of nitrogens with zero attached hydrogens (tertiary/aromatic N) is 1. The number of carboxylic acid groups (broad SMARTS) is 1. The molecule has 0 amide bonds. The van der Waals surface area contributed by atoms with Gasteiger partial charge in [0.05, 0.1) is 11.2 Å². The second-order valence-electron chi connectivity index (χ2n) is 4.27. The Hall–Kier alpha value is -1.68. The highest BCUT2D eigenvalue weighted by molar-refractivity contribution is 7.12. The normalized spacial score (nSPS) is 12.3. The van der Waals surface area contributed by atoms with E-state index in [1.165, 1.54) is 5.56 Å². The highest BCUT2D eigenvalue weighted by Crippen LogP contribution is 2.27. The average molecular weight is 261 g/mol. The number of benzene rings is 1. The zero-order valence-electron chi connectivity index (χ0n) is 10.4. The molecule has 1 unspecified atom stereocenters. The van der Waals surface area contributed by atoms with Crippen LogP contribution in [0.25, 0.3) is 11.3 Å². The lowest BCUT2D eigenvalue weighted by molar-refractivity contribution is 0.0702. The molecule has 0 saturated carbocycles. The number of hydrogen-bond acceptors (Lipinski definition) is 3. The van der Waals surface area contributed by atoms with Gasteiger partial charge in [-0.25, -0.2) is 9.78 Å². The Balaban J connectivity index is 2.34. The van der Waals surface area contributed by atoms with Crippen LogP contribution in [0.1, 0.15) is 41.4 Å². The molecule has 1 atom stereocenters. The zero-order valence-corrected chi connectivity index (χ0v) is 11.2. The molecule has 0 aliphatic rings. The van der Waals surface area contributed by atoms with E-state index in [2.05, 4.69) is 31.0 Å². The Kier molecular flexibility index (Phi) is 3.77. The maximum atomic E-state index is 11.0. The first kappa shape index (κ1) is 12.8. The summed E-state index contributed by atoms with van der Waals surface area (Å²) < 4.78 is 0. The molecule has 18 heavy (non-hydrogen) atoms. The largest absolute Gasteiger partial charge is 0.477 e. The summed E-state index contributed by atoms with van der Waals surface area (Å²) in [4.78, 5) is 15.5. The molecule has 94 valence electrons. The molecule has 1 aromatic carbocycles. The number of carboxylic acids is 1. The van der Waals surface area contributed by atoms with Gasteiger partial charge in [-0.15, -0.1) is 11.3 Å². The van der Waals surface area contributed by atoms with Gasteiger partial charge in [0, 0.05) is 5.56 Å². The van der Waals surface area contributed by atoms with Crippen molar-refractivity contribution in [3.05, 3.63) is 40.2 Å². The van der Waals surface area contributed by atoms with E-state index in [0.29, 0.717) is 16.5 Å². The van der Waals surface area contributed by atoms with Crippen LogP contribution in [-0.2, 0) is 0 Å². The van der Waals surface area contributed by atoms with E-state index < -0.39 is 5.97 Å². The standard InChI is InChI=1S/C14H15NO2S/c1-3-9(2)10-4-6-11(7-5-10)12-13(14(16)17)18-8-15-12/h4-9H,3H2,1-2H3,(H,16,17). The van der Waals surface area contributed by atoms with Crippen LogP contribution >= 0.6 is 11.3 Å². The van der Waals surface area contributed by atoms with Crippen LogP contribution in [0.3, 0.4) is 0 Å². The quantitative estimate of drug-likeness (QED) is 0.904. The van der Waals surface area contributed by atoms with E-state index >= 15 is 0 Å². The van der Waals surface area contributed by atoms with Crippen molar-refractivity contribution in [1.29, 1.82) is 0 Å². The van der Waals surface area contributed by atoms with Crippen LogP contribution in [0.15, 0.2) is 29.8 Å². The van der Waals surface area contributed by atoms with Gasteiger partial charge in [0.1, 0.15) is 4.88 Å². The van der Waals surface area contributed by atoms with Crippen molar-refractivity contribution in [2.45, 2.75) is 26.2 Å². The summed E-state index contributed by atoms with van der Waals surface area (Å²) in [6.45, 7) is 4.34. The second kappa shape index (κ2) is 5.31. The van der Waals surface area contributed by atoms with Gasteiger partial charge >= 0.3 is 5.97 Å². The van der Waals surface area contributed by atoms with Gasteiger partial charge in [-0.1, -0.05) is 38.1 Å². The number of rotatable bonds is 4. The highest BCUT2D eigenvalue weighted by atomic mass is 32.1. The monoisotopic (exact) mass is 261 g/mol. The predicted molar refractivity (Wildman–Crippen MR) is 73.2 cm³/mol.